The summed E-state index contributed by atoms with van der Waals surface area (Å²) in [5.74, 6) is 2.09. The third-order valence-electron chi connectivity index (χ3n) is 3.68. The molecule has 0 saturated heterocycles. The Balaban J connectivity index is 1.35. The zero-order valence-electron chi connectivity index (χ0n) is 14.2. The molecule has 0 radical (unpaired) electrons. The summed E-state index contributed by atoms with van der Waals surface area (Å²) in [6, 6.07) is 11.4. The fraction of sp³-hybridized carbons (Fsp3) is 0.118. The molecular formula is C17H12ClN5O4S. The molecule has 4 aromatic rings. The lowest BCUT2D eigenvalue weighted by atomic mass is 10.3. The zero-order valence-corrected chi connectivity index (χ0v) is 15.7. The highest BCUT2D eigenvalue weighted by atomic mass is 35.5. The minimum atomic E-state index is -0.444. The second-order valence-electron chi connectivity index (χ2n) is 5.64. The Hall–Kier alpha value is -3.11. The van der Waals surface area contributed by atoms with Crippen molar-refractivity contribution in [3.63, 3.8) is 0 Å². The smallest absolute Gasteiger partial charge is 0.277 e. The van der Waals surface area contributed by atoms with Crippen molar-refractivity contribution in [3.8, 4) is 5.75 Å². The largest absolute Gasteiger partial charge is 0.484 e. The molecule has 1 N–H and O–H groups in total. The van der Waals surface area contributed by atoms with Crippen LogP contribution in [0.1, 0.15) is 11.7 Å². The van der Waals surface area contributed by atoms with Gasteiger partial charge in [0.05, 0.1) is 21.7 Å². The van der Waals surface area contributed by atoms with Crippen molar-refractivity contribution < 1.29 is 14.1 Å². The van der Waals surface area contributed by atoms with Gasteiger partial charge in [0, 0.05) is 17.2 Å². The number of halogens is 1. The van der Waals surface area contributed by atoms with Crippen molar-refractivity contribution in [1.82, 2.24) is 20.2 Å². The zero-order chi connectivity index (χ0) is 19.5. The van der Waals surface area contributed by atoms with Crippen LogP contribution in [-0.2, 0) is 12.4 Å². The summed E-state index contributed by atoms with van der Waals surface area (Å²) in [5, 5.41) is 19.8. The molecule has 0 amide bonds. The normalized spacial score (nSPS) is 11.0. The minimum absolute atomic E-state index is 0.0117. The highest BCUT2D eigenvalue weighted by Crippen LogP contribution is 2.24. The molecule has 2 aromatic carbocycles. The molecule has 28 heavy (non-hydrogen) atoms. The number of imidazole rings is 1. The number of benzene rings is 2. The number of H-pyrrole nitrogens is 1. The van der Waals surface area contributed by atoms with E-state index < -0.39 is 4.92 Å². The van der Waals surface area contributed by atoms with Crippen LogP contribution in [0, 0.1) is 10.1 Å². The van der Waals surface area contributed by atoms with E-state index in [4.69, 9.17) is 20.8 Å². The van der Waals surface area contributed by atoms with Crippen molar-refractivity contribution >= 4 is 40.1 Å². The summed E-state index contributed by atoms with van der Waals surface area (Å²) in [4.78, 5) is 17.9. The first-order valence-corrected chi connectivity index (χ1v) is 9.40. The van der Waals surface area contributed by atoms with E-state index >= 15 is 0 Å². The number of hydrogen-bond acceptors (Lipinski definition) is 8. The van der Waals surface area contributed by atoms with E-state index in [0.717, 1.165) is 0 Å². The molecule has 4 rings (SSSR count). The van der Waals surface area contributed by atoms with Crippen LogP contribution in [0.5, 0.6) is 5.75 Å². The van der Waals surface area contributed by atoms with Crippen molar-refractivity contribution in [2.45, 2.75) is 17.6 Å². The minimum Gasteiger partial charge on any atom is -0.484 e. The number of ether oxygens (including phenoxy) is 1. The average molecular weight is 418 g/mol. The highest BCUT2D eigenvalue weighted by Gasteiger charge is 2.12. The maximum absolute atomic E-state index is 10.8. The van der Waals surface area contributed by atoms with Gasteiger partial charge in [0.2, 0.25) is 0 Å². The lowest BCUT2D eigenvalue weighted by molar-refractivity contribution is -0.384. The molecule has 0 fully saturated rings. The molecule has 2 aromatic heterocycles. The standard InChI is InChI=1S/C17H12ClN5O4S/c18-10-1-4-12(5-2-10)26-8-16-21-22-17(27-16)28-9-15-19-13-6-3-11(23(24)25)7-14(13)20-15/h1-7H,8-9H2,(H,19,20). The predicted octanol–water partition coefficient (Wildman–Crippen LogP) is 4.38. The molecule has 0 aliphatic carbocycles. The van der Waals surface area contributed by atoms with Gasteiger partial charge in [-0.05, 0) is 30.3 Å². The molecule has 0 aliphatic rings. The van der Waals surface area contributed by atoms with E-state index in [1.807, 2.05) is 0 Å². The van der Waals surface area contributed by atoms with Crippen molar-refractivity contribution in [1.29, 1.82) is 0 Å². The number of rotatable bonds is 7. The molecule has 142 valence electrons. The van der Waals surface area contributed by atoms with Crippen molar-refractivity contribution in [3.05, 3.63) is 69.3 Å². The maximum Gasteiger partial charge on any atom is 0.277 e. The Morgan fingerprint density at radius 1 is 1.21 bits per heavy atom. The molecule has 0 atom stereocenters. The summed E-state index contributed by atoms with van der Waals surface area (Å²) < 4.78 is 11.1. The predicted molar refractivity (Wildman–Crippen MR) is 102 cm³/mol. The van der Waals surface area contributed by atoms with Gasteiger partial charge in [-0.2, -0.15) is 0 Å². The Morgan fingerprint density at radius 3 is 2.82 bits per heavy atom. The molecule has 0 bridgehead atoms. The van der Waals surface area contributed by atoms with Crippen molar-refractivity contribution in [2.24, 2.45) is 0 Å². The number of fused-ring (bicyclic) bond motifs is 1. The van der Waals surface area contributed by atoms with Crippen LogP contribution in [0.3, 0.4) is 0 Å². The number of aromatic nitrogens is 4. The van der Waals surface area contributed by atoms with E-state index in [0.29, 0.717) is 44.5 Å². The van der Waals surface area contributed by atoms with Crippen LogP contribution >= 0.6 is 23.4 Å². The fourth-order valence-corrected chi connectivity index (χ4v) is 3.17. The van der Waals surface area contributed by atoms with Gasteiger partial charge in [0.15, 0.2) is 6.61 Å². The van der Waals surface area contributed by atoms with E-state index in [9.17, 15) is 10.1 Å². The second kappa shape index (κ2) is 7.87. The SMILES string of the molecule is O=[N+]([O-])c1ccc2nc(CSc3nnc(COc4ccc(Cl)cc4)o3)[nH]c2c1. The van der Waals surface area contributed by atoms with Crippen LogP contribution < -0.4 is 4.74 Å². The Morgan fingerprint density at radius 2 is 2.04 bits per heavy atom. The Labute approximate surface area is 167 Å². The quantitative estimate of drug-likeness (QED) is 0.267. The number of nitro groups is 1. The summed E-state index contributed by atoms with van der Waals surface area (Å²) in [5.41, 5.74) is 1.27. The summed E-state index contributed by atoms with van der Waals surface area (Å²) in [6.45, 7) is 0.142. The topological polar surface area (TPSA) is 120 Å². The van der Waals surface area contributed by atoms with Crippen LogP contribution in [0.25, 0.3) is 11.0 Å². The van der Waals surface area contributed by atoms with Gasteiger partial charge in [-0.15, -0.1) is 10.2 Å². The molecule has 0 unspecified atom stereocenters. The van der Waals surface area contributed by atoms with E-state index in [1.165, 1.54) is 23.9 Å². The second-order valence-corrected chi connectivity index (χ2v) is 7.00. The fourth-order valence-electron chi connectivity index (χ4n) is 2.39. The Kier molecular flexibility index (Phi) is 5.13. The van der Waals surface area contributed by atoms with Crippen LogP contribution in [-0.4, -0.2) is 25.1 Å². The molecule has 0 aliphatic heterocycles. The summed E-state index contributed by atoms with van der Waals surface area (Å²) in [7, 11) is 0. The lowest BCUT2D eigenvalue weighted by Gasteiger charge is -2.02. The van der Waals surface area contributed by atoms with Crippen LogP contribution in [0.15, 0.2) is 52.1 Å². The lowest BCUT2D eigenvalue weighted by Crippen LogP contribution is -1.95. The first-order chi connectivity index (χ1) is 13.6. The van der Waals surface area contributed by atoms with Gasteiger partial charge in [0.25, 0.3) is 16.8 Å². The van der Waals surface area contributed by atoms with Gasteiger partial charge >= 0.3 is 0 Å². The third kappa shape index (κ3) is 4.24. The first kappa shape index (κ1) is 18.3. The molecule has 0 saturated carbocycles. The third-order valence-corrected chi connectivity index (χ3v) is 4.76. The summed E-state index contributed by atoms with van der Waals surface area (Å²) >= 11 is 7.13. The number of aromatic amines is 1. The number of nitro benzene ring substituents is 1. The van der Waals surface area contributed by atoms with Gasteiger partial charge in [-0.3, -0.25) is 10.1 Å². The molecular weight excluding hydrogens is 406 g/mol. The number of hydrogen-bond donors (Lipinski definition) is 1. The molecule has 0 spiro atoms. The number of thioether (sulfide) groups is 1. The van der Waals surface area contributed by atoms with Gasteiger partial charge in [0.1, 0.15) is 11.6 Å². The number of nitrogens with zero attached hydrogens (tertiary/aromatic N) is 4. The molecule has 2 heterocycles. The molecule has 11 heteroatoms. The maximum atomic E-state index is 10.8. The number of non-ortho nitro benzene ring substituents is 1. The highest BCUT2D eigenvalue weighted by molar-refractivity contribution is 7.98. The van der Waals surface area contributed by atoms with Crippen LogP contribution in [0.2, 0.25) is 5.02 Å². The van der Waals surface area contributed by atoms with E-state index in [1.54, 1.807) is 30.3 Å². The monoisotopic (exact) mass is 417 g/mol. The molecule has 9 nitrogen and oxygen atoms in total. The Bertz CT molecular complexity index is 1130. The van der Waals surface area contributed by atoms with Gasteiger partial charge < -0.3 is 14.1 Å². The van der Waals surface area contributed by atoms with Gasteiger partial charge in [-0.25, -0.2) is 4.98 Å². The van der Waals surface area contributed by atoms with Gasteiger partial charge in [-0.1, -0.05) is 23.4 Å². The summed E-state index contributed by atoms with van der Waals surface area (Å²) in [6.07, 6.45) is 0. The first-order valence-electron chi connectivity index (χ1n) is 8.03. The number of nitrogens with one attached hydrogen (secondary N) is 1. The van der Waals surface area contributed by atoms with Crippen molar-refractivity contribution in [2.75, 3.05) is 0 Å². The van der Waals surface area contributed by atoms with E-state index in [-0.39, 0.29) is 12.3 Å². The van der Waals surface area contributed by atoms with Crippen LogP contribution in [0.4, 0.5) is 5.69 Å². The van der Waals surface area contributed by atoms with E-state index in [2.05, 4.69) is 20.2 Å². The average Bonchev–Trinajstić information content (AvgIpc) is 3.31.